The molecule has 0 aliphatic heterocycles. The molecule has 0 saturated carbocycles. The molecular weight excluding hydrogens is 246 g/mol. The van der Waals surface area contributed by atoms with Crippen LogP contribution in [0, 0.1) is 0 Å². The molecule has 1 atom stereocenters. The van der Waals surface area contributed by atoms with Crippen LogP contribution in [0.1, 0.15) is 31.9 Å². The van der Waals surface area contributed by atoms with Crippen molar-refractivity contribution in [1.29, 1.82) is 0 Å². The zero-order valence-corrected chi connectivity index (χ0v) is 11.6. The molecule has 5 nitrogen and oxygen atoms in total. The molecule has 0 aliphatic carbocycles. The Morgan fingerprint density at radius 1 is 1.42 bits per heavy atom. The monoisotopic (exact) mass is 267 g/mol. The first kappa shape index (κ1) is 15.3. The van der Waals surface area contributed by atoms with Gasteiger partial charge in [-0.25, -0.2) is 4.79 Å². The highest BCUT2D eigenvalue weighted by atomic mass is 16.5. The molecule has 19 heavy (non-hydrogen) atoms. The van der Waals surface area contributed by atoms with Crippen LogP contribution in [0.25, 0.3) is 0 Å². The lowest BCUT2D eigenvalue weighted by molar-refractivity contribution is -0.145. The zero-order valence-electron chi connectivity index (χ0n) is 11.6. The second kappa shape index (κ2) is 7.63. The molecule has 0 fully saturated rings. The number of carbonyl (C=O) groups excluding carboxylic acids is 1. The van der Waals surface area contributed by atoms with E-state index in [0.717, 1.165) is 6.42 Å². The summed E-state index contributed by atoms with van der Waals surface area (Å²) in [5, 5.41) is 12.9. The summed E-state index contributed by atoms with van der Waals surface area (Å²) >= 11 is 0. The van der Waals surface area contributed by atoms with Crippen molar-refractivity contribution in [1.82, 2.24) is 5.32 Å². The number of ether oxygens (including phenoxy) is 2. The van der Waals surface area contributed by atoms with Gasteiger partial charge in [0.15, 0.2) is 11.5 Å². The molecule has 0 amide bonds. The van der Waals surface area contributed by atoms with Crippen LogP contribution in [-0.4, -0.2) is 31.3 Å². The van der Waals surface area contributed by atoms with Crippen molar-refractivity contribution in [3.63, 3.8) is 0 Å². The molecule has 0 saturated heterocycles. The van der Waals surface area contributed by atoms with Gasteiger partial charge in [0, 0.05) is 0 Å². The molecule has 0 heterocycles. The fraction of sp³-hybridized carbons (Fsp3) is 0.500. The molecule has 1 aromatic rings. The average molecular weight is 267 g/mol. The van der Waals surface area contributed by atoms with E-state index in [2.05, 4.69) is 5.32 Å². The quantitative estimate of drug-likeness (QED) is 0.740. The van der Waals surface area contributed by atoms with Crippen molar-refractivity contribution in [2.75, 3.05) is 20.3 Å². The van der Waals surface area contributed by atoms with Gasteiger partial charge in [-0.2, -0.15) is 0 Å². The van der Waals surface area contributed by atoms with Crippen LogP contribution in [0.15, 0.2) is 18.2 Å². The van der Waals surface area contributed by atoms with Gasteiger partial charge in [-0.15, -0.1) is 0 Å². The molecule has 1 aromatic carbocycles. The highest BCUT2D eigenvalue weighted by molar-refractivity contribution is 5.78. The Labute approximate surface area is 113 Å². The number of rotatable bonds is 7. The third kappa shape index (κ3) is 4.13. The number of phenols is 1. The molecule has 2 N–H and O–H groups in total. The minimum absolute atomic E-state index is 0.00703. The molecular formula is C14H21NO4. The second-order valence-corrected chi connectivity index (χ2v) is 4.07. The van der Waals surface area contributed by atoms with Crippen LogP contribution in [-0.2, 0) is 9.53 Å². The van der Waals surface area contributed by atoms with Gasteiger partial charge in [0.05, 0.1) is 13.7 Å². The van der Waals surface area contributed by atoms with Crippen LogP contribution in [0.5, 0.6) is 11.5 Å². The lowest BCUT2D eigenvalue weighted by atomic mass is 10.1. The number of carbonyl (C=O) groups is 1. The number of phenolic OH excluding ortho intramolecular Hbond substituents is 1. The maximum Gasteiger partial charge on any atom is 0.327 e. The summed E-state index contributed by atoms with van der Waals surface area (Å²) in [6.07, 6.45) is 0.901. The largest absolute Gasteiger partial charge is 0.504 e. The van der Waals surface area contributed by atoms with Gasteiger partial charge in [0.2, 0.25) is 0 Å². The van der Waals surface area contributed by atoms with Crippen molar-refractivity contribution in [2.24, 2.45) is 0 Å². The lowest BCUT2D eigenvalue weighted by Crippen LogP contribution is -2.30. The topological polar surface area (TPSA) is 67.8 Å². The van der Waals surface area contributed by atoms with E-state index in [4.69, 9.17) is 9.47 Å². The summed E-state index contributed by atoms with van der Waals surface area (Å²) in [5.74, 6) is 0.0370. The van der Waals surface area contributed by atoms with Crippen molar-refractivity contribution >= 4 is 5.97 Å². The highest BCUT2D eigenvalue weighted by Crippen LogP contribution is 2.29. The number of esters is 1. The predicted octanol–water partition coefficient (Wildman–Crippen LogP) is 2.00. The third-order valence-electron chi connectivity index (χ3n) is 2.66. The van der Waals surface area contributed by atoms with Gasteiger partial charge >= 0.3 is 5.97 Å². The molecule has 1 unspecified atom stereocenters. The Morgan fingerprint density at radius 3 is 2.68 bits per heavy atom. The van der Waals surface area contributed by atoms with E-state index in [9.17, 15) is 9.90 Å². The van der Waals surface area contributed by atoms with Crippen molar-refractivity contribution in [2.45, 2.75) is 26.3 Å². The summed E-state index contributed by atoms with van der Waals surface area (Å²) in [6.45, 7) is 4.79. The number of hydrogen-bond donors (Lipinski definition) is 2. The molecule has 5 heteroatoms. The molecule has 106 valence electrons. The molecule has 0 aromatic heterocycles. The zero-order chi connectivity index (χ0) is 14.3. The van der Waals surface area contributed by atoms with Crippen molar-refractivity contribution in [3.8, 4) is 11.5 Å². The third-order valence-corrected chi connectivity index (χ3v) is 2.66. The number of nitrogens with one attached hydrogen (secondary N) is 1. The van der Waals surface area contributed by atoms with E-state index >= 15 is 0 Å². The van der Waals surface area contributed by atoms with Crippen LogP contribution < -0.4 is 10.1 Å². The summed E-state index contributed by atoms with van der Waals surface area (Å²) in [4.78, 5) is 11.9. The number of aromatic hydroxyl groups is 1. The predicted molar refractivity (Wildman–Crippen MR) is 72.3 cm³/mol. The van der Waals surface area contributed by atoms with Crippen LogP contribution in [0.3, 0.4) is 0 Å². The van der Waals surface area contributed by atoms with Gasteiger partial charge in [0.25, 0.3) is 0 Å². The summed E-state index contributed by atoms with van der Waals surface area (Å²) in [6, 6.07) is 4.31. The van der Waals surface area contributed by atoms with Crippen LogP contribution >= 0.6 is 0 Å². The molecule has 0 bridgehead atoms. The number of methoxy groups -OCH3 is 1. The normalized spacial score (nSPS) is 11.9. The summed E-state index contributed by atoms with van der Waals surface area (Å²) in [5.41, 5.74) is 0.658. The van der Waals surface area contributed by atoms with Gasteiger partial charge in [-0.3, -0.25) is 0 Å². The Bertz CT molecular complexity index is 420. The first-order valence-electron chi connectivity index (χ1n) is 6.40. The smallest absolute Gasteiger partial charge is 0.327 e. The van der Waals surface area contributed by atoms with E-state index in [-0.39, 0.29) is 11.7 Å². The second-order valence-electron chi connectivity index (χ2n) is 4.07. The molecule has 0 spiro atoms. The van der Waals surface area contributed by atoms with E-state index in [1.54, 1.807) is 19.1 Å². The first-order valence-corrected chi connectivity index (χ1v) is 6.40. The fourth-order valence-electron chi connectivity index (χ4n) is 1.74. The van der Waals surface area contributed by atoms with Crippen LogP contribution in [0.2, 0.25) is 0 Å². The van der Waals surface area contributed by atoms with Crippen molar-refractivity contribution in [3.05, 3.63) is 23.8 Å². The highest BCUT2D eigenvalue weighted by Gasteiger charge is 2.22. The number of hydrogen-bond acceptors (Lipinski definition) is 5. The SMILES string of the molecule is CCCNC(C(=O)OCC)c1ccc(OC)c(O)c1. The van der Waals surface area contributed by atoms with Crippen molar-refractivity contribution < 1.29 is 19.4 Å². The molecule has 1 rings (SSSR count). The van der Waals surface area contributed by atoms with Gasteiger partial charge in [-0.1, -0.05) is 13.0 Å². The summed E-state index contributed by atoms with van der Waals surface area (Å²) in [7, 11) is 1.48. The maximum absolute atomic E-state index is 11.9. The minimum Gasteiger partial charge on any atom is -0.504 e. The van der Waals surface area contributed by atoms with Gasteiger partial charge < -0.3 is 19.9 Å². The van der Waals surface area contributed by atoms with E-state index in [1.807, 2.05) is 6.92 Å². The van der Waals surface area contributed by atoms with Gasteiger partial charge in [-0.05, 0) is 37.6 Å². The molecule has 0 radical (unpaired) electrons. The Hall–Kier alpha value is -1.75. The summed E-state index contributed by atoms with van der Waals surface area (Å²) < 4.78 is 10.0. The Balaban J connectivity index is 2.96. The maximum atomic E-state index is 11.9. The standard InChI is InChI=1S/C14H21NO4/c1-4-8-15-13(14(17)19-5-2)10-6-7-12(18-3)11(16)9-10/h6-7,9,13,15-16H,4-5,8H2,1-3H3. The fourth-order valence-corrected chi connectivity index (χ4v) is 1.74. The van der Waals surface area contributed by atoms with Crippen LogP contribution in [0.4, 0.5) is 0 Å². The van der Waals surface area contributed by atoms with Gasteiger partial charge in [0.1, 0.15) is 6.04 Å². The van der Waals surface area contributed by atoms with E-state index in [0.29, 0.717) is 24.5 Å². The Kier molecular flexibility index (Phi) is 6.15. The average Bonchev–Trinajstić information content (AvgIpc) is 2.39. The Morgan fingerprint density at radius 2 is 2.16 bits per heavy atom. The number of benzene rings is 1. The molecule has 0 aliphatic rings. The first-order chi connectivity index (χ1) is 9.13. The van der Waals surface area contributed by atoms with E-state index in [1.165, 1.54) is 13.2 Å². The minimum atomic E-state index is -0.572. The van der Waals surface area contributed by atoms with E-state index < -0.39 is 6.04 Å². The lowest BCUT2D eigenvalue weighted by Gasteiger charge is -2.18.